The lowest BCUT2D eigenvalue weighted by atomic mass is 10.1. The SMILES string of the molecule is CCOC(=O)CNC(=O)N1CCCN1C(=O)Nc1cccc2ccccc12. The predicted octanol–water partition coefficient (Wildman–Crippen LogP) is 2.57. The molecule has 1 aliphatic rings. The van der Waals surface area contributed by atoms with Gasteiger partial charge in [0.15, 0.2) is 0 Å². The minimum atomic E-state index is -0.517. The standard InChI is InChI=1S/C19H22N4O4/c1-2-27-17(24)13-20-18(25)22-11-6-12-23(22)19(26)21-16-10-5-8-14-7-3-4-9-15(14)16/h3-5,7-10H,2,6,11-13H2,1H3,(H,20,25)(H,21,26). The van der Waals surface area contributed by atoms with E-state index in [2.05, 4.69) is 10.6 Å². The van der Waals surface area contributed by atoms with Crippen molar-refractivity contribution in [3.8, 4) is 0 Å². The highest BCUT2D eigenvalue weighted by Crippen LogP contribution is 2.24. The number of rotatable bonds is 4. The summed E-state index contributed by atoms with van der Waals surface area (Å²) in [4.78, 5) is 36.4. The van der Waals surface area contributed by atoms with Gasteiger partial charge in [-0.1, -0.05) is 36.4 Å². The van der Waals surface area contributed by atoms with Gasteiger partial charge in [-0.15, -0.1) is 0 Å². The summed E-state index contributed by atoms with van der Waals surface area (Å²) >= 11 is 0. The number of fused-ring (bicyclic) bond motifs is 1. The number of carbonyl (C=O) groups is 3. The average Bonchev–Trinajstić information content (AvgIpc) is 3.17. The van der Waals surface area contributed by atoms with E-state index in [1.165, 1.54) is 10.0 Å². The van der Waals surface area contributed by atoms with Gasteiger partial charge in [0.1, 0.15) is 6.54 Å². The molecular formula is C19H22N4O4. The third-order valence-corrected chi connectivity index (χ3v) is 4.22. The first-order chi connectivity index (χ1) is 13.1. The third-order valence-electron chi connectivity index (χ3n) is 4.22. The van der Waals surface area contributed by atoms with Crippen LogP contribution in [0.1, 0.15) is 13.3 Å². The first-order valence-corrected chi connectivity index (χ1v) is 8.87. The van der Waals surface area contributed by atoms with E-state index in [0.717, 1.165) is 10.8 Å². The molecule has 2 aromatic rings. The lowest BCUT2D eigenvalue weighted by Gasteiger charge is -2.28. The number of amides is 4. The van der Waals surface area contributed by atoms with E-state index in [-0.39, 0.29) is 13.2 Å². The summed E-state index contributed by atoms with van der Waals surface area (Å²) < 4.78 is 4.78. The van der Waals surface area contributed by atoms with E-state index < -0.39 is 18.0 Å². The number of hydrogen-bond acceptors (Lipinski definition) is 4. The number of hydrogen-bond donors (Lipinski definition) is 2. The lowest BCUT2D eigenvalue weighted by Crippen LogP contribution is -2.51. The number of ether oxygens (including phenoxy) is 1. The molecule has 8 heteroatoms. The van der Waals surface area contributed by atoms with Crippen molar-refractivity contribution in [3.05, 3.63) is 42.5 Å². The molecule has 3 rings (SSSR count). The van der Waals surface area contributed by atoms with Gasteiger partial charge in [0.05, 0.1) is 12.3 Å². The predicted molar refractivity (Wildman–Crippen MR) is 101 cm³/mol. The van der Waals surface area contributed by atoms with Crippen LogP contribution in [0.25, 0.3) is 10.8 Å². The highest BCUT2D eigenvalue weighted by atomic mass is 16.5. The fraction of sp³-hybridized carbons (Fsp3) is 0.316. The summed E-state index contributed by atoms with van der Waals surface area (Å²) in [6, 6.07) is 12.5. The normalized spacial score (nSPS) is 13.5. The second-order valence-corrected chi connectivity index (χ2v) is 6.02. The van der Waals surface area contributed by atoms with E-state index in [9.17, 15) is 14.4 Å². The van der Waals surface area contributed by atoms with Crippen LogP contribution in [0.15, 0.2) is 42.5 Å². The molecule has 0 radical (unpaired) electrons. The van der Waals surface area contributed by atoms with Gasteiger partial charge in [0.25, 0.3) is 0 Å². The molecule has 2 N–H and O–H groups in total. The van der Waals surface area contributed by atoms with Gasteiger partial charge in [0, 0.05) is 18.5 Å². The molecule has 1 aliphatic heterocycles. The van der Waals surface area contributed by atoms with Crippen molar-refractivity contribution in [2.24, 2.45) is 0 Å². The molecule has 1 fully saturated rings. The molecule has 2 aromatic carbocycles. The Kier molecular flexibility index (Phi) is 5.75. The number of hydrazine groups is 1. The molecule has 0 unspecified atom stereocenters. The molecule has 0 spiro atoms. The van der Waals surface area contributed by atoms with Gasteiger partial charge >= 0.3 is 18.0 Å². The van der Waals surface area contributed by atoms with E-state index in [1.807, 2.05) is 42.5 Å². The number of esters is 1. The van der Waals surface area contributed by atoms with E-state index >= 15 is 0 Å². The van der Waals surface area contributed by atoms with E-state index in [1.54, 1.807) is 6.92 Å². The molecule has 142 valence electrons. The summed E-state index contributed by atoms with van der Waals surface area (Å²) in [5, 5.41) is 9.94. The van der Waals surface area contributed by atoms with Crippen molar-refractivity contribution in [2.45, 2.75) is 13.3 Å². The van der Waals surface area contributed by atoms with Crippen LogP contribution >= 0.6 is 0 Å². The molecule has 0 saturated carbocycles. The molecule has 1 heterocycles. The maximum absolute atomic E-state index is 12.7. The van der Waals surface area contributed by atoms with Crippen LogP contribution in [0.2, 0.25) is 0 Å². The van der Waals surface area contributed by atoms with E-state index in [0.29, 0.717) is 25.2 Å². The van der Waals surface area contributed by atoms with E-state index in [4.69, 9.17) is 4.74 Å². The number of benzene rings is 2. The molecule has 8 nitrogen and oxygen atoms in total. The van der Waals surface area contributed by atoms with Crippen LogP contribution in [-0.2, 0) is 9.53 Å². The Hall–Kier alpha value is -3.29. The van der Waals surface area contributed by atoms with Gasteiger partial charge in [0.2, 0.25) is 0 Å². The van der Waals surface area contributed by atoms with Crippen LogP contribution in [0.5, 0.6) is 0 Å². The van der Waals surface area contributed by atoms with Crippen molar-refractivity contribution in [3.63, 3.8) is 0 Å². The molecular weight excluding hydrogens is 348 g/mol. The first kappa shape index (κ1) is 18.5. The molecule has 0 aliphatic carbocycles. The summed E-state index contributed by atoms with van der Waals surface area (Å²) in [5.41, 5.74) is 0.678. The van der Waals surface area contributed by atoms with Crippen molar-refractivity contribution in [1.82, 2.24) is 15.3 Å². The fourth-order valence-corrected chi connectivity index (χ4v) is 3.00. The Labute approximate surface area is 157 Å². The van der Waals surface area contributed by atoms with Crippen LogP contribution in [-0.4, -0.2) is 54.3 Å². The Morgan fingerprint density at radius 1 is 1.00 bits per heavy atom. The highest BCUT2D eigenvalue weighted by molar-refractivity contribution is 6.02. The lowest BCUT2D eigenvalue weighted by molar-refractivity contribution is -0.141. The maximum atomic E-state index is 12.7. The van der Waals surface area contributed by atoms with Crippen LogP contribution < -0.4 is 10.6 Å². The second kappa shape index (κ2) is 8.39. The molecule has 0 atom stereocenters. The monoisotopic (exact) mass is 370 g/mol. The Morgan fingerprint density at radius 2 is 1.70 bits per heavy atom. The summed E-state index contributed by atoms with van der Waals surface area (Å²) in [7, 11) is 0. The molecule has 1 saturated heterocycles. The van der Waals surface area contributed by atoms with Gasteiger partial charge in [-0.2, -0.15) is 0 Å². The molecule has 4 amide bonds. The largest absolute Gasteiger partial charge is 0.465 e. The molecule has 0 bridgehead atoms. The maximum Gasteiger partial charge on any atom is 0.340 e. The summed E-state index contributed by atoms with van der Waals surface area (Å²) in [6.07, 6.45) is 0.662. The quantitative estimate of drug-likeness (QED) is 0.810. The Balaban J connectivity index is 1.66. The Bertz CT molecular complexity index is 849. The number of nitrogens with one attached hydrogen (secondary N) is 2. The zero-order valence-electron chi connectivity index (χ0n) is 15.1. The fourth-order valence-electron chi connectivity index (χ4n) is 3.00. The average molecular weight is 370 g/mol. The zero-order chi connectivity index (χ0) is 19.2. The van der Waals surface area contributed by atoms with Gasteiger partial charge < -0.3 is 15.4 Å². The molecule has 0 aromatic heterocycles. The Morgan fingerprint density at radius 3 is 2.48 bits per heavy atom. The minimum absolute atomic E-state index is 0.234. The van der Waals surface area contributed by atoms with Gasteiger partial charge in [-0.3, -0.25) is 4.79 Å². The van der Waals surface area contributed by atoms with Crippen LogP contribution in [0.4, 0.5) is 15.3 Å². The number of anilines is 1. The topological polar surface area (TPSA) is 91.0 Å². The van der Waals surface area contributed by atoms with Crippen molar-refractivity contribution < 1.29 is 19.1 Å². The molecule has 27 heavy (non-hydrogen) atoms. The van der Waals surface area contributed by atoms with Crippen molar-refractivity contribution in [1.29, 1.82) is 0 Å². The van der Waals surface area contributed by atoms with Gasteiger partial charge in [-0.05, 0) is 24.8 Å². The second-order valence-electron chi connectivity index (χ2n) is 6.02. The van der Waals surface area contributed by atoms with Crippen molar-refractivity contribution in [2.75, 3.05) is 31.6 Å². The number of urea groups is 2. The van der Waals surface area contributed by atoms with Crippen molar-refractivity contribution >= 4 is 34.5 Å². The first-order valence-electron chi connectivity index (χ1n) is 8.87. The van der Waals surface area contributed by atoms with Gasteiger partial charge in [-0.25, -0.2) is 19.6 Å². The van der Waals surface area contributed by atoms with Crippen LogP contribution in [0, 0.1) is 0 Å². The smallest absolute Gasteiger partial charge is 0.340 e. The third kappa shape index (κ3) is 4.28. The van der Waals surface area contributed by atoms with Crippen LogP contribution in [0.3, 0.4) is 0 Å². The summed E-state index contributed by atoms with van der Waals surface area (Å²) in [5.74, 6) is -0.517. The zero-order valence-corrected chi connectivity index (χ0v) is 15.1. The number of nitrogens with zero attached hydrogens (tertiary/aromatic N) is 2. The number of carbonyl (C=O) groups excluding carboxylic acids is 3. The summed E-state index contributed by atoms with van der Waals surface area (Å²) in [6.45, 7) is 2.53. The minimum Gasteiger partial charge on any atom is -0.465 e. The highest BCUT2D eigenvalue weighted by Gasteiger charge is 2.31.